The Bertz CT molecular complexity index is 402. The van der Waals surface area contributed by atoms with Crippen LogP contribution in [0.1, 0.15) is 125 Å². The Morgan fingerprint density at radius 2 is 0.793 bits per heavy atom. The molecule has 5 heteroatoms. The Morgan fingerprint density at radius 3 is 1.00 bits per heavy atom. The largest absolute Gasteiger partial charge is 0.748 e. The Kier molecular flexibility index (Phi) is 22.6. The van der Waals surface area contributed by atoms with Crippen LogP contribution in [0.15, 0.2) is 0 Å². The van der Waals surface area contributed by atoms with Crippen LogP contribution < -0.4 is 0 Å². The van der Waals surface area contributed by atoms with Crippen LogP contribution in [-0.4, -0.2) is 49.4 Å². The first-order valence-corrected chi connectivity index (χ1v) is 14.2. The number of hydrogen-bond donors (Lipinski definition) is 0. The standard InChI is InChI=1S/C16H34O3S.C8H20N/c1-2-3-4-5-6-7-8-9-10-11-12-13-14-15-16-20(17,18)19;1-5-9(6-2,7-3)8-4/h2-16H2,1H3,(H,17,18,19);5-8H2,1-4H3/q;+1/p-1. The van der Waals surface area contributed by atoms with Gasteiger partial charge in [0.25, 0.3) is 0 Å². The fourth-order valence-electron chi connectivity index (χ4n) is 3.82. The van der Waals surface area contributed by atoms with E-state index in [0.717, 1.165) is 12.8 Å². The molecule has 0 aromatic heterocycles. The van der Waals surface area contributed by atoms with Crippen LogP contribution in [0.25, 0.3) is 0 Å². The highest BCUT2D eigenvalue weighted by atomic mass is 32.2. The molecule has 0 N–H and O–H groups in total. The van der Waals surface area contributed by atoms with Gasteiger partial charge in [-0.2, -0.15) is 0 Å². The summed E-state index contributed by atoms with van der Waals surface area (Å²) >= 11 is 0. The molecule has 0 rings (SSSR count). The van der Waals surface area contributed by atoms with Gasteiger partial charge in [-0.05, 0) is 34.1 Å². The summed E-state index contributed by atoms with van der Waals surface area (Å²) in [7, 11) is -3.99. The van der Waals surface area contributed by atoms with Gasteiger partial charge in [0.05, 0.1) is 36.3 Å². The van der Waals surface area contributed by atoms with Crippen molar-refractivity contribution in [1.29, 1.82) is 0 Å². The Balaban J connectivity index is 0. The smallest absolute Gasteiger partial charge is 0.0945 e. The highest BCUT2D eigenvalue weighted by Crippen LogP contribution is 2.13. The molecular weight excluding hydrogens is 382 g/mol. The molecular formula is C24H53NO3S. The van der Waals surface area contributed by atoms with Crippen molar-refractivity contribution >= 4 is 10.1 Å². The zero-order chi connectivity index (χ0) is 22.4. The molecule has 0 saturated heterocycles. The normalized spacial score (nSPS) is 11.9. The van der Waals surface area contributed by atoms with Gasteiger partial charge in [-0.25, -0.2) is 8.42 Å². The van der Waals surface area contributed by atoms with Gasteiger partial charge in [0, 0.05) is 5.75 Å². The third-order valence-corrected chi connectivity index (χ3v) is 7.22. The quantitative estimate of drug-likeness (QED) is 0.126. The maximum Gasteiger partial charge on any atom is 0.0945 e. The topological polar surface area (TPSA) is 57.2 Å². The molecule has 4 nitrogen and oxygen atoms in total. The minimum Gasteiger partial charge on any atom is -0.748 e. The lowest BCUT2D eigenvalue weighted by molar-refractivity contribution is -0.921. The van der Waals surface area contributed by atoms with Gasteiger partial charge < -0.3 is 9.04 Å². The van der Waals surface area contributed by atoms with Crippen LogP contribution >= 0.6 is 0 Å². The lowest BCUT2D eigenvalue weighted by Gasteiger charge is -2.34. The number of hydrogen-bond acceptors (Lipinski definition) is 3. The maximum atomic E-state index is 10.4. The average Bonchev–Trinajstić information content (AvgIpc) is 2.70. The molecule has 0 aliphatic heterocycles. The molecule has 0 fully saturated rings. The summed E-state index contributed by atoms with van der Waals surface area (Å²) in [5, 5.41) is 0. The van der Waals surface area contributed by atoms with E-state index in [2.05, 4.69) is 34.6 Å². The molecule has 0 aliphatic carbocycles. The minimum absolute atomic E-state index is 0.189. The van der Waals surface area contributed by atoms with Gasteiger partial charge in [-0.1, -0.05) is 90.4 Å². The Morgan fingerprint density at radius 1 is 0.517 bits per heavy atom. The second-order valence-corrected chi connectivity index (χ2v) is 9.99. The average molecular weight is 436 g/mol. The van der Waals surface area contributed by atoms with E-state index in [-0.39, 0.29) is 5.75 Å². The van der Waals surface area contributed by atoms with Crippen molar-refractivity contribution in [3.05, 3.63) is 0 Å². The van der Waals surface area contributed by atoms with Crippen molar-refractivity contribution in [3.8, 4) is 0 Å². The summed E-state index contributed by atoms with van der Waals surface area (Å²) in [6.07, 6.45) is 17.2. The van der Waals surface area contributed by atoms with E-state index in [0.29, 0.717) is 6.42 Å². The fraction of sp³-hybridized carbons (Fsp3) is 1.00. The van der Waals surface area contributed by atoms with E-state index in [1.807, 2.05) is 0 Å². The first-order chi connectivity index (χ1) is 13.8. The third kappa shape index (κ3) is 22.4. The number of nitrogens with zero attached hydrogens (tertiary/aromatic N) is 1. The van der Waals surface area contributed by atoms with E-state index < -0.39 is 10.1 Å². The third-order valence-electron chi connectivity index (χ3n) is 6.43. The molecule has 0 spiro atoms. The van der Waals surface area contributed by atoms with Crippen molar-refractivity contribution < 1.29 is 17.5 Å². The van der Waals surface area contributed by atoms with E-state index >= 15 is 0 Å². The van der Waals surface area contributed by atoms with Crippen LogP contribution in [0.5, 0.6) is 0 Å². The van der Waals surface area contributed by atoms with Crippen molar-refractivity contribution in [2.24, 2.45) is 0 Å². The minimum atomic E-state index is -3.99. The molecule has 0 unspecified atom stereocenters. The van der Waals surface area contributed by atoms with Gasteiger partial charge >= 0.3 is 0 Å². The summed E-state index contributed by atoms with van der Waals surface area (Å²) in [5.41, 5.74) is 0. The summed E-state index contributed by atoms with van der Waals surface area (Å²) in [5.74, 6) is -0.189. The molecule has 29 heavy (non-hydrogen) atoms. The monoisotopic (exact) mass is 435 g/mol. The first-order valence-electron chi connectivity index (χ1n) is 12.6. The van der Waals surface area contributed by atoms with E-state index in [1.165, 1.54) is 101 Å². The molecule has 0 atom stereocenters. The van der Waals surface area contributed by atoms with Crippen molar-refractivity contribution in [2.45, 2.75) is 125 Å². The summed E-state index contributed by atoms with van der Waals surface area (Å²) in [4.78, 5) is 0. The summed E-state index contributed by atoms with van der Waals surface area (Å²) in [6.45, 7) is 16.5. The second kappa shape index (κ2) is 21.1. The van der Waals surface area contributed by atoms with Crippen LogP contribution in [0, 0.1) is 0 Å². The second-order valence-electron chi connectivity index (χ2n) is 8.46. The molecule has 178 valence electrons. The molecule has 0 radical (unpaired) electrons. The maximum absolute atomic E-state index is 10.4. The number of rotatable bonds is 19. The van der Waals surface area contributed by atoms with Gasteiger partial charge in [-0.3, -0.25) is 0 Å². The van der Waals surface area contributed by atoms with Gasteiger partial charge in [0.15, 0.2) is 0 Å². The highest BCUT2D eigenvalue weighted by Gasteiger charge is 2.16. The van der Waals surface area contributed by atoms with Crippen LogP contribution in [0.4, 0.5) is 0 Å². The molecule has 0 amide bonds. The highest BCUT2D eigenvalue weighted by molar-refractivity contribution is 7.85. The van der Waals surface area contributed by atoms with Gasteiger partial charge in [0.2, 0.25) is 0 Å². The molecule has 0 bridgehead atoms. The number of quaternary nitrogens is 1. The summed E-state index contributed by atoms with van der Waals surface area (Å²) in [6, 6.07) is 0. The summed E-state index contributed by atoms with van der Waals surface area (Å²) < 4.78 is 32.5. The molecule has 0 aromatic rings. The van der Waals surface area contributed by atoms with Crippen LogP contribution in [0.3, 0.4) is 0 Å². The SMILES string of the molecule is CCCCCCCCCCCCCCCCS(=O)(=O)[O-].CC[N+](CC)(CC)CC. The Labute approximate surface area is 184 Å². The molecule has 0 saturated carbocycles. The lowest BCUT2D eigenvalue weighted by atomic mass is 10.0. The van der Waals surface area contributed by atoms with Gasteiger partial charge in [-0.15, -0.1) is 0 Å². The first kappa shape index (κ1) is 31.1. The zero-order valence-electron chi connectivity index (χ0n) is 20.5. The van der Waals surface area contributed by atoms with E-state index in [9.17, 15) is 13.0 Å². The molecule has 0 heterocycles. The Hall–Kier alpha value is -0.130. The van der Waals surface area contributed by atoms with Gasteiger partial charge in [0.1, 0.15) is 0 Å². The zero-order valence-corrected chi connectivity index (χ0v) is 21.3. The lowest BCUT2D eigenvalue weighted by Crippen LogP contribution is -2.47. The predicted octanol–water partition coefficient (Wildman–Crippen LogP) is 6.90. The predicted molar refractivity (Wildman–Crippen MR) is 127 cm³/mol. The fourth-order valence-corrected chi connectivity index (χ4v) is 4.37. The van der Waals surface area contributed by atoms with Crippen LogP contribution in [-0.2, 0) is 10.1 Å². The molecule has 0 aromatic carbocycles. The van der Waals surface area contributed by atoms with Crippen molar-refractivity contribution in [1.82, 2.24) is 0 Å². The van der Waals surface area contributed by atoms with Crippen molar-refractivity contribution in [2.75, 3.05) is 31.9 Å². The van der Waals surface area contributed by atoms with E-state index in [1.54, 1.807) is 0 Å². The van der Waals surface area contributed by atoms with Crippen LogP contribution in [0.2, 0.25) is 0 Å². The van der Waals surface area contributed by atoms with Crippen molar-refractivity contribution in [3.63, 3.8) is 0 Å². The number of unbranched alkanes of at least 4 members (excludes halogenated alkanes) is 13. The van der Waals surface area contributed by atoms with E-state index in [4.69, 9.17) is 0 Å². The molecule has 0 aliphatic rings.